The van der Waals surface area contributed by atoms with Crippen molar-refractivity contribution in [1.29, 1.82) is 5.26 Å². The molecule has 3 aromatic heterocycles. The molecule has 21 heavy (non-hydrogen) atoms. The van der Waals surface area contributed by atoms with Crippen molar-refractivity contribution in [2.75, 3.05) is 20.1 Å². The highest BCUT2D eigenvalue weighted by Crippen LogP contribution is 2.23. The first-order valence-electron chi connectivity index (χ1n) is 6.71. The van der Waals surface area contributed by atoms with Crippen LogP contribution >= 0.6 is 0 Å². The van der Waals surface area contributed by atoms with Crippen LogP contribution in [0.5, 0.6) is 0 Å². The van der Waals surface area contributed by atoms with Gasteiger partial charge in [-0.1, -0.05) is 0 Å². The lowest BCUT2D eigenvalue weighted by atomic mass is 10.1. The Balaban J connectivity index is 1.68. The van der Waals surface area contributed by atoms with Gasteiger partial charge >= 0.3 is 0 Å². The predicted octanol–water partition coefficient (Wildman–Crippen LogP) is 0.951. The minimum atomic E-state index is 0.447. The smallest absolute Gasteiger partial charge is 0.103 e. The van der Waals surface area contributed by atoms with Gasteiger partial charge in [-0.05, 0) is 7.05 Å². The van der Waals surface area contributed by atoms with E-state index >= 15 is 0 Å². The van der Waals surface area contributed by atoms with Crippen molar-refractivity contribution >= 4 is 5.52 Å². The monoisotopic (exact) mass is 279 g/mol. The van der Waals surface area contributed by atoms with Gasteiger partial charge < -0.3 is 4.90 Å². The molecule has 7 heteroatoms. The summed E-state index contributed by atoms with van der Waals surface area (Å²) in [6, 6.07) is 2.55. The van der Waals surface area contributed by atoms with Gasteiger partial charge in [0.2, 0.25) is 0 Å². The maximum absolute atomic E-state index is 8.98. The second-order valence-electron chi connectivity index (χ2n) is 5.36. The summed E-state index contributed by atoms with van der Waals surface area (Å²) < 4.78 is 3.67. The second kappa shape index (κ2) is 4.40. The quantitative estimate of drug-likeness (QED) is 0.698. The van der Waals surface area contributed by atoms with Gasteiger partial charge in [0, 0.05) is 24.8 Å². The van der Waals surface area contributed by atoms with Gasteiger partial charge in [-0.2, -0.15) is 15.5 Å². The SMILES string of the molecule is CN1CC(n2cc(-c3cn4ncc(C#N)c4cn3)cn2)C1. The van der Waals surface area contributed by atoms with E-state index in [1.807, 2.05) is 23.3 Å². The Kier molecular flexibility index (Phi) is 2.52. The average Bonchev–Trinajstić information content (AvgIpc) is 3.09. The van der Waals surface area contributed by atoms with Crippen LogP contribution in [0.3, 0.4) is 0 Å². The molecule has 0 aromatic carbocycles. The zero-order chi connectivity index (χ0) is 14.4. The molecule has 0 unspecified atom stereocenters. The lowest BCUT2D eigenvalue weighted by Crippen LogP contribution is -2.45. The summed E-state index contributed by atoms with van der Waals surface area (Å²) in [5.74, 6) is 0. The van der Waals surface area contributed by atoms with Crippen LogP contribution in [0.25, 0.3) is 16.8 Å². The topological polar surface area (TPSA) is 75.0 Å². The van der Waals surface area contributed by atoms with E-state index in [9.17, 15) is 0 Å². The van der Waals surface area contributed by atoms with Gasteiger partial charge in [-0.25, -0.2) is 4.52 Å². The third-order valence-electron chi connectivity index (χ3n) is 3.84. The first-order chi connectivity index (χ1) is 10.2. The van der Waals surface area contributed by atoms with Gasteiger partial charge in [0.15, 0.2) is 0 Å². The second-order valence-corrected chi connectivity index (χ2v) is 5.36. The standard InChI is InChI=1S/C14H13N7/c1-19-7-12(8-19)20-6-11(4-17-20)13-9-21-14(5-16-13)10(2-15)3-18-21/h3-6,9,12H,7-8H2,1H3. The third-order valence-corrected chi connectivity index (χ3v) is 3.84. The minimum absolute atomic E-state index is 0.447. The Hall–Kier alpha value is -2.72. The molecular formula is C14H13N7. The highest BCUT2D eigenvalue weighted by molar-refractivity contribution is 5.63. The molecule has 0 spiro atoms. The van der Waals surface area contributed by atoms with E-state index in [2.05, 4.69) is 33.2 Å². The third kappa shape index (κ3) is 1.88. The number of nitriles is 1. The van der Waals surface area contributed by atoms with Crippen LogP contribution in [-0.2, 0) is 0 Å². The first kappa shape index (κ1) is 12.1. The van der Waals surface area contributed by atoms with Crippen LogP contribution in [-0.4, -0.2) is 49.4 Å². The normalized spacial score (nSPS) is 16.0. The number of likely N-dealkylation sites (N-methyl/N-ethyl adjacent to an activating group) is 1. The molecule has 1 fully saturated rings. The van der Waals surface area contributed by atoms with Crippen LogP contribution in [0, 0.1) is 11.3 Å². The number of rotatable bonds is 2. The van der Waals surface area contributed by atoms with Crippen LogP contribution < -0.4 is 0 Å². The molecule has 1 saturated heterocycles. The molecule has 0 saturated carbocycles. The fraction of sp³-hybridized carbons (Fsp3) is 0.286. The number of fused-ring (bicyclic) bond motifs is 1. The molecular weight excluding hydrogens is 266 g/mol. The van der Waals surface area contributed by atoms with E-state index in [1.165, 1.54) is 0 Å². The fourth-order valence-electron chi connectivity index (χ4n) is 2.62. The summed E-state index contributed by atoms with van der Waals surface area (Å²) in [7, 11) is 2.10. The zero-order valence-electron chi connectivity index (χ0n) is 11.5. The van der Waals surface area contributed by atoms with E-state index in [0.29, 0.717) is 17.1 Å². The molecule has 7 nitrogen and oxygen atoms in total. The molecule has 3 aromatic rings. The maximum Gasteiger partial charge on any atom is 0.103 e. The Morgan fingerprint density at radius 3 is 2.81 bits per heavy atom. The summed E-state index contributed by atoms with van der Waals surface area (Å²) in [5.41, 5.74) is 3.01. The lowest BCUT2D eigenvalue weighted by molar-refractivity contribution is 0.130. The number of hydrogen-bond acceptors (Lipinski definition) is 5. The van der Waals surface area contributed by atoms with Crippen LogP contribution in [0.4, 0.5) is 0 Å². The summed E-state index contributed by atoms with van der Waals surface area (Å²) in [5, 5.41) is 17.6. The molecule has 0 atom stereocenters. The van der Waals surface area contributed by atoms with E-state index in [1.54, 1.807) is 16.9 Å². The molecule has 1 aliphatic rings. The summed E-state index contributed by atoms with van der Waals surface area (Å²) in [6.07, 6.45) is 8.88. The number of aromatic nitrogens is 5. The molecule has 1 aliphatic heterocycles. The molecule has 0 radical (unpaired) electrons. The molecule has 0 bridgehead atoms. The maximum atomic E-state index is 8.98. The van der Waals surface area contributed by atoms with E-state index in [0.717, 1.165) is 24.3 Å². The van der Waals surface area contributed by atoms with Crippen molar-refractivity contribution in [3.63, 3.8) is 0 Å². The van der Waals surface area contributed by atoms with E-state index in [4.69, 9.17) is 5.26 Å². The Morgan fingerprint density at radius 2 is 2.05 bits per heavy atom. The Bertz CT molecular complexity index is 848. The molecule has 104 valence electrons. The molecule has 0 aliphatic carbocycles. The predicted molar refractivity (Wildman–Crippen MR) is 75.5 cm³/mol. The first-order valence-corrected chi connectivity index (χ1v) is 6.71. The number of nitrogens with zero attached hydrogens (tertiary/aromatic N) is 7. The summed E-state index contributed by atoms with van der Waals surface area (Å²) in [6.45, 7) is 2.05. The van der Waals surface area contributed by atoms with Crippen LogP contribution in [0.15, 0.2) is 31.0 Å². The van der Waals surface area contributed by atoms with Crippen LogP contribution in [0.1, 0.15) is 11.6 Å². The summed E-state index contributed by atoms with van der Waals surface area (Å²) in [4.78, 5) is 6.67. The van der Waals surface area contributed by atoms with Crippen LogP contribution in [0.2, 0.25) is 0 Å². The fourth-order valence-corrected chi connectivity index (χ4v) is 2.62. The van der Waals surface area contributed by atoms with Gasteiger partial charge in [0.25, 0.3) is 0 Å². The van der Waals surface area contributed by atoms with Gasteiger partial charge in [-0.15, -0.1) is 0 Å². The van der Waals surface area contributed by atoms with Crippen molar-refractivity contribution < 1.29 is 0 Å². The molecule has 4 heterocycles. The lowest BCUT2D eigenvalue weighted by Gasteiger charge is -2.36. The largest absolute Gasteiger partial charge is 0.302 e. The molecule has 4 rings (SSSR count). The van der Waals surface area contributed by atoms with Gasteiger partial charge in [0.1, 0.15) is 11.6 Å². The Morgan fingerprint density at radius 1 is 1.19 bits per heavy atom. The van der Waals surface area contributed by atoms with Crippen molar-refractivity contribution in [1.82, 2.24) is 29.3 Å². The van der Waals surface area contributed by atoms with Gasteiger partial charge in [-0.3, -0.25) is 9.67 Å². The van der Waals surface area contributed by atoms with Crippen molar-refractivity contribution in [2.45, 2.75) is 6.04 Å². The van der Waals surface area contributed by atoms with E-state index in [-0.39, 0.29) is 0 Å². The minimum Gasteiger partial charge on any atom is -0.302 e. The Labute approximate surface area is 121 Å². The van der Waals surface area contributed by atoms with Crippen molar-refractivity contribution in [3.05, 3.63) is 36.5 Å². The average molecular weight is 279 g/mol. The highest BCUT2D eigenvalue weighted by atomic mass is 15.4. The van der Waals surface area contributed by atoms with Gasteiger partial charge in [0.05, 0.1) is 42.1 Å². The molecule has 0 amide bonds. The van der Waals surface area contributed by atoms with Crippen molar-refractivity contribution in [2.24, 2.45) is 0 Å². The van der Waals surface area contributed by atoms with Crippen molar-refractivity contribution in [3.8, 4) is 17.3 Å². The summed E-state index contributed by atoms with van der Waals surface area (Å²) >= 11 is 0. The highest BCUT2D eigenvalue weighted by Gasteiger charge is 2.25. The number of hydrogen-bond donors (Lipinski definition) is 0. The van der Waals surface area contributed by atoms with E-state index < -0.39 is 0 Å². The number of likely N-dealkylation sites (tertiary alicyclic amines) is 1. The molecule has 0 N–H and O–H groups in total. The zero-order valence-corrected chi connectivity index (χ0v) is 11.5.